The van der Waals surface area contributed by atoms with Crippen LogP contribution < -0.4 is 20.1 Å². The molecule has 0 unspecified atom stereocenters. The Hall–Kier alpha value is -2.73. The first-order chi connectivity index (χ1) is 13.0. The zero-order chi connectivity index (χ0) is 19.6. The van der Waals surface area contributed by atoms with Gasteiger partial charge in [-0.15, -0.1) is 0 Å². The number of benzene rings is 2. The number of amides is 2. The van der Waals surface area contributed by atoms with Crippen LogP contribution in [0.15, 0.2) is 42.5 Å². The van der Waals surface area contributed by atoms with E-state index in [-0.39, 0.29) is 24.8 Å². The highest BCUT2D eigenvalue weighted by Gasteiger charge is 2.10. The molecular weight excluding hydrogens is 368 g/mol. The van der Waals surface area contributed by atoms with Crippen molar-refractivity contribution >= 4 is 29.1 Å². The molecule has 0 saturated heterocycles. The fourth-order valence-electron chi connectivity index (χ4n) is 2.35. The summed E-state index contributed by atoms with van der Waals surface area (Å²) >= 11 is 5.80. The van der Waals surface area contributed by atoms with Crippen molar-refractivity contribution in [2.75, 3.05) is 25.1 Å². The summed E-state index contributed by atoms with van der Waals surface area (Å²) in [7, 11) is 0. The van der Waals surface area contributed by atoms with Crippen molar-refractivity contribution in [2.24, 2.45) is 0 Å². The second-order valence-electron chi connectivity index (χ2n) is 5.59. The Morgan fingerprint density at radius 1 is 0.963 bits per heavy atom. The third kappa shape index (κ3) is 6.49. The number of carbonyl (C=O) groups excluding carboxylic acids is 2. The largest absolute Gasteiger partial charge is 0.490 e. The summed E-state index contributed by atoms with van der Waals surface area (Å²) in [5, 5.41) is 6.06. The molecule has 0 spiro atoms. The van der Waals surface area contributed by atoms with Gasteiger partial charge in [0.05, 0.1) is 13.2 Å². The number of hydrogen-bond acceptors (Lipinski definition) is 4. The summed E-state index contributed by atoms with van der Waals surface area (Å²) < 4.78 is 11.0. The molecule has 6 nitrogen and oxygen atoms in total. The monoisotopic (exact) mass is 390 g/mol. The van der Waals surface area contributed by atoms with Crippen LogP contribution in [0.4, 0.5) is 5.69 Å². The van der Waals surface area contributed by atoms with E-state index in [9.17, 15) is 9.59 Å². The quantitative estimate of drug-likeness (QED) is 0.680. The SMILES string of the molecule is CCOc1ccc(NC(=O)CCNC(=O)c2ccc(Cl)cc2)cc1OCC. The Balaban J connectivity index is 1.85. The van der Waals surface area contributed by atoms with Gasteiger partial charge in [-0.3, -0.25) is 9.59 Å². The minimum atomic E-state index is -0.251. The molecule has 0 aliphatic carbocycles. The highest BCUT2D eigenvalue weighted by atomic mass is 35.5. The second-order valence-corrected chi connectivity index (χ2v) is 6.02. The second kappa shape index (κ2) is 10.4. The van der Waals surface area contributed by atoms with Crippen LogP contribution in [-0.4, -0.2) is 31.6 Å². The van der Waals surface area contributed by atoms with E-state index < -0.39 is 0 Å². The molecule has 7 heteroatoms. The topological polar surface area (TPSA) is 76.7 Å². The molecule has 2 N–H and O–H groups in total. The van der Waals surface area contributed by atoms with Gasteiger partial charge in [0.15, 0.2) is 11.5 Å². The molecule has 144 valence electrons. The molecule has 0 aromatic heterocycles. The van der Waals surface area contributed by atoms with E-state index in [2.05, 4.69) is 10.6 Å². The molecule has 0 bridgehead atoms. The molecule has 2 aromatic rings. The number of anilines is 1. The molecule has 0 atom stereocenters. The van der Waals surface area contributed by atoms with Crippen molar-refractivity contribution in [1.29, 1.82) is 0 Å². The van der Waals surface area contributed by atoms with Crippen LogP contribution in [0.3, 0.4) is 0 Å². The van der Waals surface area contributed by atoms with Crippen molar-refractivity contribution in [3.63, 3.8) is 0 Å². The van der Waals surface area contributed by atoms with Crippen molar-refractivity contribution in [1.82, 2.24) is 5.32 Å². The average molecular weight is 391 g/mol. The first-order valence-corrected chi connectivity index (χ1v) is 9.14. The number of carbonyl (C=O) groups is 2. The Labute approximate surface area is 163 Å². The number of rotatable bonds is 9. The summed E-state index contributed by atoms with van der Waals surface area (Å²) in [6.07, 6.45) is 0.149. The maximum atomic E-state index is 12.1. The first kappa shape index (κ1) is 20.6. The molecule has 0 fully saturated rings. The van der Waals surface area contributed by atoms with Crippen LogP contribution in [0.5, 0.6) is 11.5 Å². The van der Waals surface area contributed by atoms with Crippen LogP contribution in [0, 0.1) is 0 Å². The van der Waals surface area contributed by atoms with Crippen molar-refractivity contribution < 1.29 is 19.1 Å². The van der Waals surface area contributed by atoms with Gasteiger partial charge in [0.1, 0.15) is 0 Å². The van der Waals surface area contributed by atoms with Gasteiger partial charge in [-0.05, 0) is 50.2 Å². The standard InChI is InChI=1S/C20H23ClN2O4/c1-3-26-17-10-9-16(13-18(17)27-4-2)23-19(24)11-12-22-20(25)14-5-7-15(21)8-6-14/h5-10,13H,3-4,11-12H2,1-2H3,(H,22,25)(H,23,24). The lowest BCUT2D eigenvalue weighted by molar-refractivity contribution is -0.116. The summed E-state index contributed by atoms with van der Waals surface area (Å²) in [5.74, 6) is 0.748. The number of hydrogen-bond donors (Lipinski definition) is 2. The fraction of sp³-hybridized carbons (Fsp3) is 0.300. The van der Waals surface area contributed by atoms with E-state index in [4.69, 9.17) is 21.1 Å². The molecule has 27 heavy (non-hydrogen) atoms. The lowest BCUT2D eigenvalue weighted by Gasteiger charge is -2.13. The zero-order valence-electron chi connectivity index (χ0n) is 15.4. The van der Waals surface area contributed by atoms with E-state index in [1.807, 2.05) is 13.8 Å². The van der Waals surface area contributed by atoms with E-state index in [0.29, 0.717) is 41.0 Å². The Kier molecular flexibility index (Phi) is 7.95. The van der Waals surface area contributed by atoms with Gasteiger partial charge in [0.2, 0.25) is 5.91 Å². The van der Waals surface area contributed by atoms with Crippen LogP contribution in [-0.2, 0) is 4.79 Å². The predicted molar refractivity (Wildman–Crippen MR) is 106 cm³/mol. The Morgan fingerprint density at radius 3 is 2.30 bits per heavy atom. The third-order valence-electron chi connectivity index (χ3n) is 3.57. The molecule has 0 radical (unpaired) electrons. The summed E-state index contributed by atoms with van der Waals surface area (Å²) in [5.41, 5.74) is 1.10. The van der Waals surface area contributed by atoms with E-state index in [1.165, 1.54) is 0 Å². The average Bonchev–Trinajstić information content (AvgIpc) is 2.64. The minimum Gasteiger partial charge on any atom is -0.490 e. The molecular formula is C20H23ClN2O4. The van der Waals surface area contributed by atoms with Crippen molar-refractivity contribution in [2.45, 2.75) is 20.3 Å². The Morgan fingerprint density at radius 2 is 1.63 bits per heavy atom. The summed E-state index contributed by atoms with van der Waals surface area (Å²) in [6, 6.07) is 11.8. The first-order valence-electron chi connectivity index (χ1n) is 8.76. The smallest absolute Gasteiger partial charge is 0.251 e. The van der Waals surface area contributed by atoms with Crippen LogP contribution in [0.1, 0.15) is 30.6 Å². The zero-order valence-corrected chi connectivity index (χ0v) is 16.1. The lowest BCUT2D eigenvalue weighted by atomic mass is 10.2. The molecule has 0 saturated carbocycles. The molecule has 0 heterocycles. The fourth-order valence-corrected chi connectivity index (χ4v) is 2.47. The summed E-state index contributed by atoms with van der Waals surface area (Å²) in [4.78, 5) is 24.1. The maximum Gasteiger partial charge on any atom is 0.251 e. The van der Waals surface area contributed by atoms with Gasteiger partial charge in [-0.2, -0.15) is 0 Å². The molecule has 2 amide bonds. The Bertz CT molecular complexity index is 778. The van der Waals surface area contributed by atoms with Gasteiger partial charge in [0, 0.05) is 35.3 Å². The molecule has 0 aliphatic rings. The molecule has 2 aromatic carbocycles. The minimum absolute atomic E-state index is 0.149. The normalized spacial score (nSPS) is 10.2. The highest BCUT2D eigenvalue weighted by molar-refractivity contribution is 6.30. The van der Waals surface area contributed by atoms with Gasteiger partial charge in [-0.1, -0.05) is 11.6 Å². The van der Waals surface area contributed by atoms with E-state index in [0.717, 1.165) is 0 Å². The van der Waals surface area contributed by atoms with Crippen molar-refractivity contribution in [3.8, 4) is 11.5 Å². The van der Waals surface area contributed by atoms with E-state index >= 15 is 0 Å². The van der Waals surface area contributed by atoms with Gasteiger partial charge in [0.25, 0.3) is 5.91 Å². The molecule has 0 aliphatic heterocycles. The van der Waals surface area contributed by atoms with Gasteiger partial charge < -0.3 is 20.1 Å². The molecule has 2 rings (SSSR count). The number of ether oxygens (including phenoxy) is 2. The summed E-state index contributed by atoms with van der Waals surface area (Å²) in [6.45, 7) is 5.02. The van der Waals surface area contributed by atoms with Gasteiger partial charge in [-0.25, -0.2) is 0 Å². The van der Waals surface area contributed by atoms with Gasteiger partial charge >= 0.3 is 0 Å². The van der Waals surface area contributed by atoms with Crippen LogP contribution in [0.25, 0.3) is 0 Å². The van der Waals surface area contributed by atoms with E-state index in [1.54, 1.807) is 42.5 Å². The predicted octanol–water partition coefficient (Wildman–Crippen LogP) is 3.90. The number of halogens is 1. The number of nitrogens with one attached hydrogen (secondary N) is 2. The maximum absolute atomic E-state index is 12.1. The lowest BCUT2D eigenvalue weighted by Crippen LogP contribution is -2.27. The van der Waals surface area contributed by atoms with Crippen LogP contribution in [0.2, 0.25) is 5.02 Å². The van der Waals surface area contributed by atoms with Crippen LogP contribution >= 0.6 is 11.6 Å². The third-order valence-corrected chi connectivity index (χ3v) is 3.82. The highest BCUT2D eigenvalue weighted by Crippen LogP contribution is 2.30. The van der Waals surface area contributed by atoms with Crippen molar-refractivity contribution in [3.05, 3.63) is 53.1 Å².